The first kappa shape index (κ1) is 19.9. The number of halogens is 2. The van der Waals surface area contributed by atoms with Crippen molar-refractivity contribution < 1.29 is 8.78 Å². The smallest absolute Gasteiger partial charge is 0.225 e. The van der Waals surface area contributed by atoms with Gasteiger partial charge in [0.2, 0.25) is 5.95 Å². The fourth-order valence-electron chi connectivity index (χ4n) is 4.36. The average molecular weight is 421 g/mol. The van der Waals surface area contributed by atoms with Gasteiger partial charge in [0.05, 0.1) is 5.69 Å². The van der Waals surface area contributed by atoms with Crippen molar-refractivity contribution >= 4 is 11.6 Å². The lowest BCUT2D eigenvalue weighted by Gasteiger charge is -2.36. The molecular formula is C24H25F2N5. The summed E-state index contributed by atoms with van der Waals surface area (Å²) in [4.78, 5) is 16.3. The predicted octanol–water partition coefficient (Wildman–Crippen LogP) is 3.64. The molecule has 2 aromatic carbocycles. The number of piperazine rings is 1. The van der Waals surface area contributed by atoms with Crippen molar-refractivity contribution in [1.82, 2.24) is 14.9 Å². The summed E-state index contributed by atoms with van der Waals surface area (Å²) in [6.07, 6.45) is 2.82. The van der Waals surface area contributed by atoms with Crippen molar-refractivity contribution in [3.63, 3.8) is 0 Å². The summed E-state index contributed by atoms with van der Waals surface area (Å²) in [6, 6.07) is 13.5. The van der Waals surface area contributed by atoms with Gasteiger partial charge in [-0.25, -0.2) is 18.7 Å². The Morgan fingerprint density at radius 1 is 0.839 bits per heavy atom. The number of fused-ring (bicyclic) bond motifs is 1. The zero-order valence-electron chi connectivity index (χ0n) is 17.3. The van der Waals surface area contributed by atoms with Crippen molar-refractivity contribution in [2.75, 3.05) is 42.5 Å². The molecule has 0 saturated carbocycles. The summed E-state index contributed by atoms with van der Waals surface area (Å²) >= 11 is 0. The molecule has 2 aliphatic heterocycles. The Morgan fingerprint density at radius 3 is 2.39 bits per heavy atom. The topological polar surface area (TPSA) is 35.5 Å². The Kier molecular flexibility index (Phi) is 5.51. The summed E-state index contributed by atoms with van der Waals surface area (Å²) in [6.45, 7) is 5.79. The van der Waals surface area contributed by atoms with Gasteiger partial charge in [0, 0.05) is 69.7 Å². The van der Waals surface area contributed by atoms with Crippen molar-refractivity contribution in [3.8, 4) is 0 Å². The zero-order valence-corrected chi connectivity index (χ0v) is 17.3. The molecule has 160 valence electrons. The minimum Gasteiger partial charge on any atom is -0.368 e. The van der Waals surface area contributed by atoms with E-state index in [1.165, 1.54) is 18.2 Å². The maximum absolute atomic E-state index is 13.5. The van der Waals surface area contributed by atoms with Crippen molar-refractivity contribution in [3.05, 3.63) is 83.2 Å². The Morgan fingerprint density at radius 2 is 1.61 bits per heavy atom. The Balaban J connectivity index is 1.21. The second-order valence-corrected chi connectivity index (χ2v) is 8.18. The van der Waals surface area contributed by atoms with Gasteiger partial charge in [-0.15, -0.1) is 0 Å². The molecule has 0 aliphatic carbocycles. The molecule has 0 N–H and O–H groups in total. The number of aromatic nitrogens is 2. The van der Waals surface area contributed by atoms with Crippen LogP contribution < -0.4 is 9.80 Å². The molecule has 1 saturated heterocycles. The van der Waals surface area contributed by atoms with Crippen LogP contribution in [-0.4, -0.2) is 47.6 Å². The molecule has 5 rings (SSSR count). The fourth-order valence-corrected chi connectivity index (χ4v) is 4.36. The van der Waals surface area contributed by atoms with Crippen molar-refractivity contribution in [2.45, 2.75) is 19.5 Å². The van der Waals surface area contributed by atoms with Gasteiger partial charge in [0.15, 0.2) is 0 Å². The van der Waals surface area contributed by atoms with E-state index < -0.39 is 0 Å². The van der Waals surface area contributed by atoms with Crippen molar-refractivity contribution in [1.29, 1.82) is 0 Å². The SMILES string of the molecule is Fc1ccc(N2CCN(c3ncc4c(n3)CCN(Cc3cccc(F)c3)C4)CC2)cc1. The molecule has 1 fully saturated rings. The fraction of sp³-hybridized carbons (Fsp3) is 0.333. The lowest BCUT2D eigenvalue weighted by molar-refractivity contribution is 0.242. The number of benzene rings is 2. The Labute approximate surface area is 181 Å². The van der Waals surface area contributed by atoms with Crippen LogP contribution >= 0.6 is 0 Å². The van der Waals surface area contributed by atoms with E-state index in [2.05, 4.69) is 19.7 Å². The van der Waals surface area contributed by atoms with Crippen LogP contribution in [0.2, 0.25) is 0 Å². The highest BCUT2D eigenvalue weighted by atomic mass is 19.1. The third-order valence-corrected chi connectivity index (χ3v) is 6.05. The molecule has 31 heavy (non-hydrogen) atoms. The molecule has 1 aromatic heterocycles. The van der Waals surface area contributed by atoms with Crippen LogP contribution in [0.25, 0.3) is 0 Å². The average Bonchev–Trinajstić information content (AvgIpc) is 2.79. The van der Waals surface area contributed by atoms with E-state index in [0.29, 0.717) is 0 Å². The van der Waals surface area contributed by atoms with Crippen molar-refractivity contribution in [2.24, 2.45) is 0 Å². The molecule has 0 bridgehead atoms. The van der Waals surface area contributed by atoms with Crippen LogP contribution in [0.1, 0.15) is 16.8 Å². The minimum absolute atomic E-state index is 0.192. The summed E-state index contributed by atoms with van der Waals surface area (Å²) in [5.41, 5.74) is 4.30. The second-order valence-electron chi connectivity index (χ2n) is 8.18. The standard InChI is InChI=1S/C24H25F2N5/c25-20-4-6-22(7-5-20)30-10-12-31(13-11-30)24-27-15-19-17-29(9-8-23(19)28-24)16-18-2-1-3-21(26)14-18/h1-7,14-15H,8-13,16-17H2. The number of hydrogen-bond acceptors (Lipinski definition) is 5. The lowest BCUT2D eigenvalue weighted by atomic mass is 10.1. The van der Waals surface area contributed by atoms with Gasteiger partial charge in [-0.1, -0.05) is 12.1 Å². The van der Waals surface area contributed by atoms with E-state index >= 15 is 0 Å². The summed E-state index contributed by atoms with van der Waals surface area (Å²) in [5.74, 6) is 0.387. The number of rotatable bonds is 4. The maximum Gasteiger partial charge on any atom is 0.225 e. The first-order valence-corrected chi connectivity index (χ1v) is 10.7. The summed E-state index contributed by atoms with van der Waals surface area (Å²) in [5, 5.41) is 0. The molecule has 0 amide bonds. The molecule has 0 spiro atoms. The largest absolute Gasteiger partial charge is 0.368 e. The summed E-state index contributed by atoms with van der Waals surface area (Å²) in [7, 11) is 0. The molecule has 2 aliphatic rings. The maximum atomic E-state index is 13.5. The van der Waals surface area contributed by atoms with Crippen LogP contribution in [0.15, 0.2) is 54.7 Å². The molecular weight excluding hydrogens is 396 g/mol. The molecule has 0 atom stereocenters. The Hall–Kier alpha value is -3.06. The highest BCUT2D eigenvalue weighted by Gasteiger charge is 2.23. The molecule has 0 unspecified atom stereocenters. The quantitative estimate of drug-likeness (QED) is 0.643. The normalized spacial score (nSPS) is 17.0. The van der Waals surface area contributed by atoms with Crippen LogP contribution in [-0.2, 0) is 19.5 Å². The first-order chi connectivity index (χ1) is 15.1. The van der Waals surface area contributed by atoms with Gasteiger partial charge in [0.1, 0.15) is 11.6 Å². The molecule has 3 heterocycles. The van der Waals surface area contributed by atoms with E-state index in [9.17, 15) is 8.78 Å². The van der Waals surface area contributed by atoms with Crippen LogP contribution in [0.5, 0.6) is 0 Å². The monoisotopic (exact) mass is 421 g/mol. The second kappa shape index (κ2) is 8.59. The third kappa shape index (κ3) is 4.51. The molecule has 5 nitrogen and oxygen atoms in total. The van der Waals surface area contributed by atoms with E-state index in [-0.39, 0.29) is 11.6 Å². The number of anilines is 2. The van der Waals surface area contributed by atoms with Gasteiger partial charge < -0.3 is 9.80 Å². The van der Waals surface area contributed by atoms with E-state index in [1.807, 2.05) is 24.4 Å². The van der Waals surface area contributed by atoms with Crippen LogP contribution in [0.3, 0.4) is 0 Å². The van der Waals surface area contributed by atoms with E-state index in [1.54, 1.807) is 12.1 Å². The van der Waals surface area contributed by atoms with Crippen LogP contribution in [0.4, 0.5) is 20.4 Å². The van der Waals surface area contributed by atoms with E-state index in [0.717, 1.165) is 80.7 Å². The third-order valence-electron chi connectivity index (χ3n) is 6.05. The first-order valence-electron chi connectivity index (χ1n) is 10.7. The predicted molar refractivity (Wildman–Crippen MR) is 117 cm³/mol. The highest BCUT2D eigenvalue weighted by molar-refractivity contribution is 5.48. The lowest BCUT2D eigenvalue weighted by Crippen LogP contribution is -2.47. The Bertz CT molecular complexity index is 1050. The van der Waals surface area contributed by atoms with E-state index in [4.69, 9.17) is 4.98 Å². The molecule has 3 aromatic rings. The summed E-state index contributed by atoms with van der Waals surface area (Å²) < 4.78 is 26.6. The number of hydrogen-bond donors (Lipinski definition) is 0. The van der Waals surface area contributed by atoms with Gasteiger partial charge in [-0.3, -0.25) is 4.90 Å². The molecule has 7 heteroatoms. The van der Waals surface area contributed by atoms with Gasteiger partial charge in [-0.05, 0) is 42.0 Å². The van der Waals surface area contributed by atoms with Gasteiger partial charge >= 0.3 is 0 Å². The highest BCUT2D eigenvalue weighted by Crippen LogP contribution is 2.23. The van der Waals surface area contributed by atoms with Crippen LogP contribution in [0, 0.1) is 11.6 Å². The van der Waals surface area contributed by atoms with Gasteiger partial charge in [0.25, 0.3) is 0 Å². The van der Waals surface area contributed by atoms with Gasteiger partial charge in [-0.2, -0.15) is 0 Å². The molecule has 0 radical (unpaired) electrons. The minimum atomic E-state index is -0.209. The zero-order chi connectivity index (χ0) is 21.2. The number of nitrogens with zero attached hydrogens (tertiary/aromatic N) is 5.